The van der Waals surface area contributed by atoms with E-state index in [1.807, 2.05) is 46.9 Å². The molecule has 0 amide bonds. The summed E-state index contributed by atoms with van der Waals surface area (Å²) in [4.78, 5) is 10.4. The molecule has 0 radical (unpaired) electrons. The van der Waals surface area contributed by atoms with Crippen LogP contribution in [0, 0.1) is 0 Å². The summed E-state index contributed by atoms with van der Waals surface area (Å²) in [6, 6.07) is 69.8. The summed E-state index contributed by atoms with van der Waals surface area (Å²) in [5.41, 5.74) is 12.0. The van der Waals surface area contributed by atoms with Gasteiger partial charge in [0.1, 0.15) is 0 Å². The van der Waals surface area contributed by atoms with Crippen molar-refractivity contribution in [1.82, 2.24) is 9.97 Å². The number of thiophene rings is 2. The largest absolute Gasteiger partial charge is 0.228 e. The molecule has 0 N–H and O–H groups in total. The predicted octanol–water partition coefficient (Wildman–Crippen LogP) is 15.2. The van der Waals surface area contributed by atoms with Crippen molar-refractivity contribution < 1.29 is 0 Å². The number of hydrogen-bond donors (Lipinski definition) is 0. The number of rotatable bonds is 6. The van der Waals surface area contributed by atoms with Gasteiger partial charge in [-0.05, 0) is 81.9 Å². The van der Waals surface area contributed by atoms with Crippen LogP contribution in [0.15, 0.2) is 194 Å². The van der Waals surface area contributed by atoms with E-state index in [1.54, 1.807) is 0 Å². The zero-order valence-corrected chi connectivity index (χ0v) is 31.8. The van der Waals surface area contributed by atoms with Crippen LogP contribution in [0.4, 0.5) is 0 Å². The van der Waals surface area contributed by atoms with Crippen molar-refractivity contribution >= 4 is 63.0 Å². The summed E-state index contributed by atoms with van der Waals surface area (Å²) in [5.74, 6) is 0.706. The third-order valence-corrected chi connectivity index (χ3v) is 13.1. The third kappa shape index (κ3) is 5.70. The van der Waals surface area contributed by atoms with E-state index in [-0.39, 0.29) is 0 Å². The molecule has 262 valence electrons. The maximum absolute atomic E-state index is 5.30. The van der Waals surface area contributed by atoms with Gasteiger partial charge in [-0.2, -0.15) is 0 Å². The van der Waals surface area contributed by atoms with E-state index in [4.69, 9.17) is 9.97 Å². The van der Waals surface area contributed by atoms with E-state index in [0.717, 1.165) is 39.2 Å². The van der Waals surface area contributed by atoms with Gasteiger partial charge in [0, 0.05) is 57.0 Å². The first-order valence-electron chi connectivity index (χ1n) is 18.8. The lowest BCUT2D eigenvalue weighted by atomic mass is 9.89. The van der Waals surface area contributed by atoms with E-state index < -0.39 is 0 Å². The highest BCUT2D eigenvalue weighted by molar-refractivity contribution is 7.26. The highest BCUT2D eigenvalue weighted by Gasteiger charge is 2.18. The Morgan fingerprint density at radius 1 is 0.286 bits per heavy atom. The quantitative estimate of drug-likeness (QED) is 0.169. The Kier molecular flexibility index (Phi) is 7.90. The van der Waals surface area contributed by atoms with Crippen LogP contribution in [0.25, 0.3) is 108 Å². The van der Waals surface area contributed by atoms with E-state index in [1.165, 1.54) is 62.6 Å². The molecular weight excluding hydrogens is 717 g/mol. The van der Waals surface area contributed by atoms with Crippen LogP contribution in [0.1, 0.15) is 0 Å². The Bertz CT molecular complexity index is 3190. The topological polar surface area (TPSA) is 25.8 Å². The van der Waals surface area contributed by atoms with Crippen molar-refractivity contribution in [3.8, 4) is 67.3 Å². The van der Waals surface area contributed by atoms with Gasteiger partial charge in [-0.3, -0.25) is 0 Å². The zero-order chi connectivity index (χ0) is 37.0. The standard InChI is InChI=1S/C52H32N2S2/c1-3-14-33(15-4-1)46-32-47(54-52(53-46)34-16-5-2-6-17-34)38-29-36(28-37(30-38)41-22-13-23-44-42-20-9-12-25-49(42)56-51(41)44)40-19-8-7-18-39(40)35-26-27-50-45(31-35)43-21-10-11-24-48(43)55-50/h1-32H. The van der Waals surface area contributed by atoms with Crippen molar-refractivity contribution in [3.05, 3.63) is 194 Å². The minimum atomic E-state index is 0.706. The second-order valence-electron chi connectivity index (χ2n) is 14.1. The Morgan fingerprint density at radius 3 is 1.55 bits per heavy atom. The Labute approximate surface area is 332 Å². The van der Waals surface area contributed by atoms with Gasteiger partial charge in [-0.1, -0.05) is 146 Å². The predicted molar refractivity (Wildman–Crippen MR) is 240 cm³/mol. The molecule has 0 atom stereocenters. The number of benzene rings is 8. The molecule has 0 unspecified atom stereocenters. The second kappa shape index (κ2) is 13.5. The molecule has 0 spiro atoms. The summed E-state index contributed by atoms with van der Waals surface area (Å²) in [5, 5.41) is 5.18. The van der Waals surface area contributed by atoms with Gasteiger partial charge in [-0.15, -0.1) is 22.7 Å². The number of nitrogens with zero attached hydrogens (tertiary/aromatic N) is 2. The molecule has 2 nitrogen and oxygen atoms in total. The molecule has 8 aromatic carbocycles. The molecule has 3 aromatic heterocycles. The van der Waals surface area contributed by atoms with Crippen molar-refractivity contribution in [2.24, 2.45) is 0 Å². The average Bonchev–Trinajstić information content (AvgIpc) is 3.85. The Morgan fingerprint density at radius 2 is 0.804 bits per heavy atom. The molecule has 0 bridgehead atoms. The van der Waals surface area contributed by atoms with Gasteiger partial charge < -0.3 is 0 Å². The van der Waals surface area contributed by atoms with E-state index in [2.05, 4.69) is 170 Å². The first-order chi connectivity index (χ1) is 27.7. The highest BCUT2D eigenvalue weighted by atomic mass is 32.1. The summed E-state index contributed by atoms with van der Waals surface area (Å²) in [6.45, 7) is 0. The molecule has 0 aliphatic heterocycles. The van der Waals surface area contributed by atoms with Crippen LogP contribution in [0.5, 0.6) is 0 Å². The second-order valence-corrected chi connectivity index (χ2v) is 16.3. The minimum absolute atomic E-state index is 0.706. The van der Waals surface area contributed by atoms with Gasteiger partial charge >= 0.3 is 0 Å². The molecular formula is C52H32N2S2. The molecule has 11 rings (SSSR count). The lowest BCUT2D eigenvalue weighted by molar-refractivity contribution is 1.18. The van der Waals surface area contributed by atoms with Crippen LogP contribution in [-0.4, -0.2) is 9.97 Å². The molecule has 0 saturated carbocycles. The van der Waals surface area contributed by atoms with Crippen LogP contribution in [0.3, 0.4) is 0 Å². The fourth-order valence-electron chi connectivity index (χ4n) is 8.01. The summed E-state index contributed by atoms with van der Waals surface area (Å²) < 4.78 is 5.21. The highest BCUT2D eigenvalue weighted by Crippen LogP contribution is 2.44. The zero-order valence-electron chi connectivity index (χ0n) is 30.2. The van der Waals surface area contributed by atoms with Crippen molar-refractivity contribution in [1.29, 1.82) is 0 Å². The van der Waals surface area contributed by atoms with E-state index >= 15 is 0 Å². The normalized spacial score (nSPS) is 11.6. The van der Waals surface area contributed by atoms with Crippen LogP contribution in [-0.2, 0) is 0 Å². The first kappa shape index (κ1) is 32.7. The SMILES string of the molecule is c1ccc(-c2cc(-c3cc(-c4ccccc4-c4ccc5sc6ccccc6c5c4)cc(-c4cccc5c4sc4ccccc45)c3)nc(-c3ccccc3)n2)cc1. The third-order valence-electron chi connectivity index (χ3n) is 10.7. The maximum Gasteiger partial charge on any atom is 0.160 e. The summed E-state index contributed by atoms with van der Waals surface area (Å²) >= 11 is 3.72. The van der Waals surface area contributed by atoms with Crippen molar-refractivity contribution in [3.63, 3.8) is 0 Å². The summed E-state index contributed by atoms with van der Waals surface area (Å²) in [6.07, 6.45) is 0. The lowest BCUT2D eigenvalue weighted by Gasteiger charge is -2.16. The number of fused-ring (bicyclic) bond motifs is 6. The van der Waals surface area contributed by atoms with Gasteiger partial charge in [0.2, 0.25) is 0 Å². The van der Waals surface area contributed by atoms with Crippen molar-refractivity contribution in [2.75, 3.05) is 0 Å². The average molecular weight is 749 g/mol. The Balaban J connectivity index is 1.16. The van der Waals surface area contributed by atoms with Crippen molar-refractivity contribution in [2.45, 2.75) is 0 Å². The first-order valence-corrected chi connectivity index (χ1v) is 20.4. The molecule has 0 aliphatic rings. The molecule has 0 saturated heterocycles. The van der Waals surface area contributed by atoms with Crippen LogP contribution >= 0.6 is 22.7 Å². The molecule has 0 fully saturated rings. The minimum Gasteiger partial charge on any atom is -0.228 e. The Hall–Kier alpha value is -6.72. The summed E-state index contributed by atoms with van der Waals surface area (Å²) in [7, 11) is 0. The van der Waals surface area contributed by atoms with Gasteiger partial charge in [0.25, 0.3) is 0 Å². The smallest absolute Gasteiger partial charge is 0.160 e. The fraction of sp³-hybridized carbons (Fsp3) is 0. The number of aromatic nitrogens is 2. The molecule has 56 heavy (non-hydrogen) atoms. The molecule has 4 heteroatoms. The number of hydrogen-bond acceptors (Lipinski definition) is 4. The van der Waals surface area contributed by atoms with Gasteiger partial charge in [0.05, 0.1) is 11.4 Å². The van der Waals surface area contributed by atoms with E-state index in [0.29, 0.717) is 5.82 Å². The van der Waals surface area contributed by atoms with Crippen LogP contribution in [0.2, 0.25) is 0 Å². The van der Waals surface area contributed by atoms with Gasteiger partial charge in [-0.25, -0.2) is 9.97 Å². The van der Waals surface area contributed by atoms with Crippen LogP contribution < -0.4 is 0 Å². The molecule has 0 aliphatic carbocycles. The molecule has 11 aromatic rings. The van der Waals surface area contributed by atoms with Gasteiger partial charge in [0.15, 0.2) is 5.82 Å². The maximum atomic E-state index is 5.30. The monoisotopic (exact) mass is 748 g/mol. The lowest BCUT2D eigenvalue weighted by Crippen LogP contribution is -1.96. The van der Waals surface area contributed by atoms with E-state index in [9.17, 15) is 0 Å². The molecule has 3 heterocycles. The fourth-order valence-corrected chi connectivity index (χ4v) is 10.3.